The van der Waals surface area contributed by atoms with Gasteiger partial charge in [0.05, 0.1) is 13.2 Å². The van der Waals surface area contributed by atoms with Gasteiger partial charge in [0.25, 0.3) is 0 Å². The van der Waals surface area contributed by atoms with E-state index in [0.29, 0.717) is 0 Å². The van der Waals surface area contributed by atoms with Crippen LogP contribution >= 0.6 is 7.60 Å². The third-order valence-corrected chi connectivity index (χ3v) is 6.14. The summed E-state index contributed by atoms with van der Waals surface area (Å²) in [5.41, 5.74) is 1.28. The first-order valence-corrected chi connectivity index (χ1v) is 10.1. The van der Waals surface area contributed by atoms with Gasteiger partial charge in [0.15, 0.2) is 0 Å². The number of rotatable bonds is 9. The minimum Gasteiger partial charge on any atom is -0.308 e. The summed E-state index contributed by atoms with van der Waals surface area (Å²) in [5, 5.41) is 3.25. The van der Waals surface area contributed by atoms with Crippen LogP contribution < -0.4 is 5.32 Å². The van der Waals surface area contributed by atoms with Crippen LogP contribution in [0.1, 0.15) is 43.7 Å². The molecule has 2 aromatic rings. The molecule has 0 heterocycles. The van der Waals surface area contributed by atoms with E-state index in [4.69, 9.17) is 9.05 Å². The summed E-state index contributed by atoms with van der Waals surface area (Å²) in [6.45, 7) is 5.84. The second-order valence-corrected chi connectivity index (χ2v) is 7.71. The standard InChI is InChI=1S/C19H25FNO3P/c1-4-23-25(22,24-5-2)19(17-13-9-10-14-18(17)20)21-15(3)16-11-7-6-8-12-16/h6-15,19,21H,4-5H2,1-3H3/t15-,19?/m1/s1. The summed E-state index contributed by atoms with van der Waals surface area (Å²) in [5.74, 6) is -1.34. The quantitative estimate of drug-likeness (QED) is 0.601. The lowest BCUT2D eigenvalue weighted by Gasteiger charge is -2.30. The van der Waals surface area contributed by atoms with Crippen LogP contribution in [-0.4, -0.2) is 13.2 Å². The smallest absolute Gasteiger partial charge is 0.308 e. The highest BCUT2D eigenvalue weighted by molar-refractivity contribution is 7.54. The number of halogens is 1. The van der Waals surface area contributed by atoms with Gasteiger partial charge in [-0.1, -0.05) is 48.5 Å². The minimum atomic E-state index is -3.60. The largest absolute Gasteiger partial charge is 0.352 e. The zero-order valence-corrected chi connectivity index (χ0v) is 15.7. The van der Waals surface area contributed by atoms with Crippen molar-refractivity contribution in [1.29, 1.82) is 0 Å². The van der Waals surface area contributed by atoms with E-state index in [1.165, 1.54) is 6.07 Å². The van der Waals surface area contributed by atoms with E-state index < -0.39 is 19.2 Å². The highest BCUT2D eigenvalue weighted by Crippen LogP contribution is 2.60. The molecule has 2 rings (SSSR count). The predicted molar refractivity (Wildman–Crippen MR) is 98.0 cm³/mol. The molecule has 0 fully saturated rings. The fourth-order valence-electron chi connectivity index (χ4n) is 2.67. The number of benzene rings is 2. The maximum Gasteiger partial charge on any atom is 0.352 e. The third-order valence-electron chi connectivity index (χ3n) is 3.84. The first-order chi connectivity index (χ1) is 12.0. The Morgan fingerprint density at radius 2 is 1.56 bits per heavy atom. The van der Waals surface area contributed by atoms with Crippen LogP contribution in [0, 0.1) is 5.82 Å². The van der Waals surface area contributed by atoms with E-state index in [1.54, 1.807) is 32.0 Å². The maximum absolute atomic E-state index is 14.4. The van der Waals surface area contributed by atoms with Gasteiger partial charge < -0.3 is 9.05 Å². The Morgan fingerprint density at radius 1 is 1.00 bits per heavy atom. The first-order valence-electron chi connectivity index (χ1n) is 8.46. The molecule has 0 spiro atoms. The van der Waals surface area contributed by atoms with Crippen molar-refractivity contribution in [3.8, 4) is 0 Å². The van der Waals surface area contributed by atoms with Gasteiger partial charge in [0.2, 0.25) is 0 Å². The van der Waals surface area contributed by atoms with E-state index >= 15 is 0 Å². The molecule has 25 heavy (non-hydrogen) atoms. The van der Waals surface area contributed by atoms with E-state index in [1.807, 2.05) is 37.3 Å². The summed E-state index contributed by atoms with van der Waals surface area (Å²) in [4.78, 5) is 0. The second kappa shape index (κ2) is 9.25. The lowest BCUT2D eigenvalue weighted by atomic mass is 10.1. The van der Waals surface area contributed by atoms with Crippen LogP contribution in [0.4, 0.5) is 4.39 Å². The summed E-state index contributed by atoms with van der Waals surface area (Å²) >= 11 is 0. The first kappa shape index (κ1) is 19.8. The molecule has 1 N–H and O–H groups in total. The zero-order chi connectivity index (χ0) is 18.3. The molecule has 0 aliphatic rings. The summed E-state index contributed by atoms with van der Waals surface area (Å²) in [6.07, 6.45) is 0. The zero-order valence-electron chi connectivity index (χ0n) is 14.8. The van der Waals surface area contributed by atoms with Crippen molar-refractivity contribution in [1.82, 2.24) is 5.32 Å². The van der Waals surface area contributed by atoms with Crippen LogP contribution in [0.25, 0.3) is 0 Å². The number of hydrogen-bond acceptors (Lipinski definition) is 4. The lowest BCUT2D eigenvalue weighted by Crippen LogP contribution is -2.27. The Balaban J connectivity index is 2.41. The molecule has 4 nitrogen and oxygen atoms in total. The van der Waals surface area contributed by atoms with Crippen molar-refractivity contribution in [2.45, 2.75) is 32.6 Å². The molecule has 0 radical (unpaired) electrons. The van der Waals surface area contributed by atoms with Crippen molar-refractivity contribution in [2.75, 3.05) is 13.2 Å². The second-order valence-electron chi connectivity index (χ2n) is 5.60. The van der Waals surface area contributed by atoms with Gasteiger partial charge >= 0.3 is 7.60 Å². The van der Waals surface area contributed by atoms with E-state index in [0.717, 1.165) is 5.56 Å². The summed E-state index contributed by atoms with van der Waals surface area (Å²) in [6, 6.07) is 15.8. The molecule has 0 saturated carbocycles. The Kier molecular flexibility index (Phi) is 7.33. The van der Waals surface area contributed by atoms with E-state index in [9.17, 15) is 8.96 Å². The van der Waals surface area contributed by atoms with Gasteiger partial charge in [0, 0.05) is 11.6 Å². The Morgan fingerprint density at radius 3 is 2.12 bits per heavy atom. The summed E-state index contributed by atoms with van der Waals surface area (Å²) in [7, 11) is -3.60. The monoisotopic (exact) mass is 365 g/mol. The predicted octanol–water partition coefficient (Wildman–Crippen LogP) is 5.44. The molecular weight excluding hydrogens is 340 g/mol. The SMILES string of the molecule is CCOP(=O)(OCC)C(N[C@H](C)c1ccccc1)c1ccccc1F. The minimum absolute atomic E-state index is 0.167. The topological polar surface area (TPSA) is 47.6 Å². The fraction of sp³-hybridized carbons (Fsp3) is 0.368. The van der Waals surface area contributed by atoms with Crippen LogP contribution in [0.2, 0.25) is 0 Å². The molecular formula is C19H25FNO3P. The molecule has 0 aliphatic heterocycles. The highest BCUT2D eigenvalue weighted by Gasteiger charge is 2.39. The van der Waals surface area contributed by atoms with Gasteiger partial charge in [-0.05, 0) is 32.4 Å². The van der Waals surface area contributed by atoms with Gasteiger partial charge in [-0.15, -0.1) is 0 Å². The number of hydrogen-bond donors (Lipinski definition) is 1. The van der Waals surface area contributed by atoms with Gasteiger partial charge in [0.1, 0.15) is 11.6 Å². The molecule has 0 bridgehead atoms. The van der Waals surface area contributed by atoms with Crippen molar-refractivity contribution >= 4 is 7.60 Å². The molecule has 2 atom stereocenters. The van der Waals surface area contributed by atoms with Gasteiger partial charge in [-0.3, -0.25) is 9.88 Å². The molecule has 1 unspecified atom stereocenters. The van der Waals surface area contributed by atoms with E-state index in [2.05, 4.69) is 5.32 Å². The molecule has 2 aromatic carbocycles. The molecule has 6 heteroatoms. The Bertz CT molecular complexity index is 701. The van der Waals surface area contributed by atoms with Crippen LogP contribution in [-0.2, 0) is 13.6 Å². The van der Waals surface area contributed by atoms with Crippen LogP contribution in [0.5, 0.6) is 0 Å². The van der Waals surface area contributed by atoms with E-state index in [-0.39, 0.29) is 24.8 Å². The van der Waals surface area contributed by atoms with Crippen LogP contribution in [0.15, 0.2) is 54.6 Å². The normalized spacial score (nSPS) is 14.2. The van der Waals surface area contributed by atoms with Crippen molar-refractivity contribution in [3.63, 3.8) is 0 Å². The van der Waals surface area contributed by atoms with Crippen molar-refractivity contribution in [3.05, 3.63) is 71.5 Å². The molecule has 0 aliphatic carbocycles. The van der Waals surface area contributed by atoms with Crippen molar-refractivity contribution in [2.24, 2.45) is 0 Å². The van der Waals surface area contributed by atoms with Crippen molar-refractivity contribution < 1.29 is 18.0 Å². The average Bonchev–Trinajstić information content (AvgIpc) is 2.61. The molecule has 136 valence electrons. The fourth-order valence-corrected chi connectivity index (χ4v) is 4.72. The third kappa shape index (κ3) is 4.99. The molecule has 0 amide bonds. The molecule has 0 saturated heterocycles. The Labute approximate surface area is 148 Å². The van der Waals surface area contributed by atoms with Gasteiger partial charge in [-0.25, -0.2) is 4.39 Å². The van der Waals surface area contributed by atoms with Gasteiger partial charge in [-0.2, -0.15) is 0 Å². The van der Waals surface area contributed by atoms with Crippen LogP contribution in [0.3, 0.4) is 0 Å². The lowest BCUT2D eigenvalue weighted by molar-refractivity contribution is 0.205. The maximum atomic E-state index is 14.4. The average molecular weight is 365 g/mol. The number of nitrogens with one attached hydrogen (secondary N) is 1. The summed E-state index contributed by atoms with van der Waals surface area (Å²) < 4.78 is 38.8. The Hall–Kier alpha value is -1.52. The highest BCUT2D eigenvalue weighted by atomic mass is 31.2. The molecule has 0 aromatic heterocycles.